The number of nitrogens with zero attached hydrogens (tertiary/aromatic N) is 3. The number of nitrogens with one attached hydrogen (secondary N) is 3. The van der Waals surface area contributed by atoms with E-state index in [0.717, 1.165) is 48.8 Å². The molecule has 3 heterocycles. The lowest BCUT2D eigenvalue weighted by molar-refractivity contribution is 0.416. The summed E-state index contributed by atoms with van der Waals surface area (Å²) in [5, 5.41) is 14.3. The third-order valence-electron chi connectivity index (χ3n) is 5.64. The molecule has 1 aliphatic rings. The maximum atomic E-state index is 12.6. The van der Waals surface area contributed by atoms with E-state index in [2.05, 4.69) is 31.8 Å². The van der Waals surface area contributed by atoms with E-state index in [4.69, 9.17) is 9.72 Å². The first-order chi connectivity index (χ1) is 15.7. The molecule has 1 fully saturated rings. The van der Waals surface area contributed by atoms with Gasteiger partial charge in [-0.1, -0.05) is 30.3 Å². The predicted octanol–water partition coefficient (Wildman–Crippen LogP) is 3.15. The molecule has 0 aliphatic carbocycles. The number of piperazine rings is 1. The van der Waals surface area contributed by atoms with Gasteiger partial charge in [-0.05, 0) is 18.2 Å². The summed E-state index contributed by atoms with van der Waals surface area (Å²) in [5.74, 6) is 1.14. The van der Waals surface area contributed by atoms with Crippen LogP contribution in [0.25, 0.3) is 22.0 Å². The first-order valence-corrected chi connectivity index (χ1v) is 10.6. The molecule has 8 heteroatoms. The van der Waals surface area contributed by atoms with E-state index in [9.17, 15) is 4.79 Å². The number of pyridine rings is 1. The number of hydrogen-bond donors (Lipinski definition) is 3. The molecule has 1 aliphatic heterocycles. The first kappa shape index (κ1) is 20.0. The molecule has 162 valence electrons. The fourth-order valence-electron chi connectivity index (χ4n) is 4.00. The summed E-state index contributed by atoms with van der Waals surface area (Å²) in [5.41, 5.74) is 3.25. The van der Waals surface area contributed by atoms with E-state index in [1.54, 1.807) is 13.3 Å². The molecule has 32 heavy (non-hydrogen) atoms. The average Bonchev–Trinajstić information content (AvgIpc) is 2.85. The monoisotopic (exact) mass is 428 g/mol. The summed E-state index contributed by atoms with van der Waals surface area (Å²) in [4.78, 5) is 19.7. The minimum Gasteiger partial charge on any atom is -0.494 e. The van der Waals surface area contributed by atoms with Gasteiger partial charge in [-0.2, -0.15) is 5.10 Å². The van der Waals surface area contributed by atoms with E-state index in [0.29, 0.717) is 22.3 Å². The van der Waals surface area contributed by atoms with Gasteiger partial charge in [0.1, 0.15) is 11.6 Å². The fourth-order valence-corrected chi connectivity index (χ4v) is 4.00. The van der Waals surface area contributed by atoms with Crippen LogP contribution in [0.1, 0.15) is 0 Å². The zero-order chi connectivity index (χ0) is 21.9. The van der Waals surface area contributed by atoms with Crippen molar-refractivity contribution in [2.24, 2.45) is 0 Å². The maximum Gasteiger partial charge on any atom is 0.275 e. The zero-order valence-electron chi connectivity index (χ0n) is 17.8. The van der Waals surface area contributed by atoms with Gasteiger partial charge in [0.05, 0.1) is 30.1 Å². The summed E-state index contributed by atoms with van der Waals surface area (Å²) < 4.78 is 5.68. The lowest BCUT2D eigenvalue weighted by Crippen LogP contribution is -2.43. The highest BCUT2D eigenvalue weighted by molar-refractivity contribution is 5.95. The van der Waals surface area contributed by atoms with Crippen molar-refractivity contribution in [3.8, 4) is 17.0 Å². The Balaban J connectivity index is 1.58. The van der Waals surface area contributed by atoms with Gasteiger partial charge in [-0.15, -0.1) is 0 Å². The van der Waals surface area contributed by atoms with Crippen LogP contribution in [0.3, 0.4) is 0 Å². The van der Waals surface area contributed by atoms with E-state index in [1.165, 1.54) is 0 Å². The lowest BCUT2D eigenvalue weighted by Gasteiger charge is -2.30. The molecule has 0 saturated carbocycles. The number of aromatic amines is 1. The van der Waals surface area contributed by atoms with Crippen molar-refractivity contribution in [1.29, 1.82) is 0 Å². The molecule has 4 aromatic rings. The molecule has 1 saturated heterocycles. The van der Waals surface area contributed by atoms with Crippen molar-refractivity contribution in [3.63, 3.8) is 0 Å². The Hall–Kier alpha value is -3.91. The molecular formula is C24H24N6O2. The Kier molecular flexibility index (Phi) is 5.43. The minimum atomic E-state index is -0.298. The van der Waals surface area contributed by atoms with E-state index in [-0.39, 0.29) is 5.56 Å². The van der Waals surface area contributed by atoms with Crippen molar-refractivity contribution >= 4 is 28.0 Å². The average molecular weight is 428 g/mol. The standard InChI is InChI=1S/C24H24N6O2/c1-32-21-14-18(30-11-9-25-10-12-30)7-8-19(21)27-23-22-17(15-26-29-24(22)31)13-20(28-23)16-5-3-2-4-6-16/h2-8,13-15,25H,9-12H2,1H3,(H,27,28)(H,29,31). The van der Waals surface area contributed by atoms with Crippen LogP contribution >= 0.6 is 0 Å². The Morgan fingerprint density at radius 2 is 1.88 bits per heavy atom. The van der Waals surface area contributed by atoms with Crippen LogP contribution in [0.2, 0.25) is 0 Å². The number of anilines is 3. The van der Waals surface area contributed by atoms with Gasteiger partial charge in [0.2, 0.25) is 0 Å². The second kappa shape index (κ2) is 8.68. The second-order valence-corrected chi connectivity index (χ2v) is 7.63. The number of H-pyrrole nitrogens is 1. The number of ether oxygens (including phenoxy) is 1. The lowest BCUT2D eigenvalue weighted by atomic mass is 10.1. The van der Waals surface area contributed by atoms with E-state index in [1.807, 2.05) is 48.5 Å². The van der Waals surface area contributed by atoms with Crippen LogP contribution in [0.15, 0.2) is 65.6 Å². The number of rotatable bonds is 5. The number of methoxy groups -OCH3 is 1. The van der Waals surface area contributed by atoms with Crippen LogP contribution in [-0.2, 0) is 0 Å². The smallest absolute Gasteiger partial charge is 0.275 e. The second-order valence-electron chi connectivity index (χ2n) is 7.63. The molecule has 3 N–H and O–H groups in total. The van der Waals surface area contributed by atoms with Crippen LogP contribution in [-0.4, -0.2) is 48.5 Å². The molecule has 8 nitrogen and oxygen atoms in total. The number of hydrogen-bond acceptors (Lipinski definition) is 7. The van der Waals surface area contributed by atoms with Gasteiger partial charge in [-0.25, -0.2) is 10.1 Å². The quantitative estimate of drug-likeness (QED) is 0.449. The SMILES string of the molecule is COc1cc(N2CCNCC2)ccc1Nc1nc(-c2ccccc2)cc2cn[nH]c(=O)c12. The van der Waals surface area contributed by atoms with Crippen molar-refractivity contribution < 1.29 is 4.74 Å². The molecule has 2 aromatic heterocycles. The van der Waals surface area contributed by atoms with Crippen LogP contribution in [0, 0.1) is 0 Å². The third kappa shape index (κ3) is 3.88. The van der Waals surface area contributed by atoms with Crippen molar-refractivity contribution in [3.05, 3.63) is 71.1 Å². The van der Waals surface area contributed by atoms with E-state index < -0.39 is 0 Å². The molecule has 0 unspecified atom stereocenters. The first-order valence-electron chi connectivity index (χ1n) is 10.6. The zero-order valence-corrected chi connectivity index (χ0v) is 17.8. The Morgan fingerprint density at radius 1 is 1.06 bits per heavy atom. The van der Waals surface area contributed by atoms with Crippen LogP contribution in [0.5, 0.6) is 5.75 Å². The van der Waals surface area contributed by atoms with Gasteiger partial charge in [0.25, 0.3) is 5.56 Å². The topological polar surface area (TPSA) is 95.2 Å². The van der Waals surface area contributed by atoms with Crippen LogP contribution < -0.4 is 25.8 Å². The molecular weight excluding hydrogens is 404 g/mol. The largest absolute Gasteiger partial charge is 0.494 e. The maximum absolute atomic E-state index is 12.6. The normalized spacial score (nSPS) is 13.8. The summed E-state index contributed by atoms with van der Waals surface area (Å²) in [7, 11) is 1.64. The number of aromatic nitrogens is 3. The number of benzene rings is 2. The van der Waals surface area contributed by atoms with Crippen LogP contribution in [0.4, 0.5) is 17.2 Å². The highest BCUT2D eigenvalue weighted by Crippen LogP contribution is 2.34. The van der Waals surface area contributed by atoms with E-state index >= 15 is 0 Å². The predicted molar refractivity (Wildman–Crippen MR) is 127 cm³/mol. The summed E-state index contributed by atoms with van der Waals surface area (Å²) >= 11 is 0. The molecule has 0 bridgehead atoms. The Bertz CT molecular complexity index is 1300. The minimum absolute atomic E-state index is 0.298. The van der Waals surface area contributed by atoms with Crippen molar-refractivity contribution in [2.75, 3.05) is 43.5 Å². The highest BCUT2D eigenvalue weighted by atomic mass is 16.5. The molecule has 5 rings (SSSR count). The summed E-state index contributed by atoms with van der Waals surface area (Å²) in [6.07, 6.45) is 1.64. The summed E-state index contributed by atoms with van der Waals surface area (Å²) in [6, 6.07) is 17.8. The molecule has 0 atom stereocenters. The highest BCUT2D eigenvalue weighted by Gasteiger charge is 2.16. The fraction of sp³-hybridized carbons (Fsp3) is 0.208. The Morgan fingerprint density at radius 3 is 2.66 bits per heavy atom. The van der Waals surface area contributed by atoms with Gasteiger partial charge >= 0.3 is 0 Å². The molecule has 0 radical (unpaired) electrons. The van der Waals surface area contributed by atoms with Gasteiger partial charge in [0, 0.05) is 48.9 Å². The van der Waals surface area contributed by atoms with Crippen molar-refractivity contribution in [2.45, 2.75) is 0 Å². The summed E-state index contributed by atoms with van der Waals surface area (Å²) in [6.45, 7) is 3.82. The van der Waals surface area contributed by atoms with Crippen molar-refractivity contribution in [1.82, 2.24) is 20.5 Å². The van der Waals surface area contributed by atoms with Gasteiger partial charge in [0.15, 0.2) is 0 Å². The number of fused-ring (bicyclic) bond motifs is 1. The third-order valence-corrected chi connectivity index (χ3v) is 5.64. The molecule has 2 aromatic carbocycles. The molecule has 0 spiro atoms. The van der Waals surface area contributed by atoms with Gasteiger partial charge in [-0.3, -0.25) is 4.79 Å². The van der Waals surface area contributed by atoms with Gasteiger partial charge < -0.3 is 20.3 Å². The Labute approximate surface area is 185 Å². The molecule has 0 amide bonds.